The highest BCUT2D eigenvalue weighted by molar-refractivity contribution is 6.02. The number of rotatable bonds is 9. The summed E-state index contributed by atoms with van der Waals surface area (Å²) in [5, 5.41) is 16.7. The summed E-state index contributed by atoms with van der Waals surface area (Å²) in [5.41, 5.74) is 0.724. The van der Waals surface area contributed by atoms with Gasteiger partial charge in [-0.3, -0.25) is 29.5 Å². The molecule has 1 heterocycles. The molecule has 0 radical (unpaired) electrons. The second kappa shape index (κ2) is 13.5. The average Bonchev–Trinajstić information content (AvgIpc) is 3.40. The van der Waals surface area contributed by atoms with Crippen LogP contribution < -0.4 is 10.6 Å². The van der Waals surface area contributed by atoms with E-state index < -0.39 is 28.4 Å². The second-order valence-electron chi connectivity index (χ2n) is 21.8. The number of ketones is 1. The van der Waals surface area contributed by atoms with Crippen molar-refractivity contribution in [3.8, 4) is 0 Å². The van der Waals surface area contributed by atoms with Gasteiger partial charge in [0.15, 0.2) is 5.78 Å². The predicted molar refractivity (Wildman–Crippen MR) is 216 cm³/mol. The maximum Gasteiger partial charge on any atom is 0.309 e. The van der Waals surface area contributed by atoms with E-state index in [1.807, 2.05) is 45.9 Å². The van der Waals surface area contributed by atoms with Crippen molar-refractivity contribution in [3.63, 3.8) is 0 Å². The number of hydrogen-bond donors (Lipinski definition) is 3. The van der Waals surface area contributed by atoms with Crippen LogP contribution in [0.1, 0.15) is 146 Å². The van der Waals surface area contributed by atoms with Crippen LogP contribution in [0, 0.1) is 62.6 Å². The minimum absolute atomic E-state index is 0.0307. The number of carboxylic acids is 1. The van der Waals surface area contributed by atoms with Crippen LogP contribution >= 0.6 is 0 Å². The van der Waals surface area contributed by atoms with Crippen molar-refractivity contribution in [3.05, 3.63) is 41.2 Å². The zero-order chi connectivity index (χ0) is 41.0. The molecule has 308 valence electrons. The van der Waals surface area contributed by atoms with Crippen molar-refractivity contribution in [1.29, 1.82) is 0 Å². The smallest absolute Gasteiger partial charge is 0.309 e. The minimum Gasteiger partial charge on any atom is -0.481 e. The van der Waals surface area contributed by atoms with Gasteiger partial charge in [0.05, 0.1) is 28.6 Å². The lowest BCUT2D eigenvalue weighted by Crippen LogP contribution is -2.68. The molecule has 0 bridgehead atoms. The van der Waals surface area contributed by atoms with Crippen molar-refractivity contribution in [1.82, 2.24) is 15.6 Å². The number of esters is 1. The van der Waals surface area contributed by atoms with E-state index in [4.69, 9.17) is 4.74 Å². The fourth-order valence-corrected chi connectivity index (χ4v) is 14.2. The fraction of sp³-hybridized carbons (Fsp3) is 0.766. The summed E-state index contributed by atoms with van der Waals surface area (Å²) in [7, 11) is 0. The molecule has 1 aromatic rings. The SMILES string of the molecule is CC(C)C1=C2[C@H]3CC[C@@H]4[C@@]5(C)CC[C@H](OC(=O)C6C[C@@H](C(=O)O)C6(C)C)C(C)(C)[C@@H]5CC[C@@]4(C)[C@]3(C)CC[C@@]2(NC(=O)C(C)(C)NCc2ccccn2)CC1=O. The number of carbonyl (C=O) groups is 4. The van der Waals surface area contributed by atoms with Crippen molar-refractivity contribution in [2.45, 2.75) is 164 Å². The molecule has 0 spiro atoms. The molecule has 1 amide bonds. The van der Waals surface area contributed by atoms with Gasteiger partial charge in [0.1, 0.15) is 6.10 Å². The van der Waals surface area contributed by atoms with E-state index in [9.17, 15) is 24.3 Å². The third kappa shape index (κ3) is 5.96. The van der Waals surface area contributed by atoms with Gasteiger partial charge < -0.3 is 15.2 Å². The molecule has 56 heavy (non-hydrogen) atoms. The van der Waals surface area contributed by atoms with Crippen molar-refractivity contribution in [2.24, 2.45) is 62.6 Å². The number of Topliss-reactive ketones (excluding diaryl/α,β-unsaturated/α-hetero) is 1. The van der Waals surface area contributed by atoms with Crippen LogP contribution in [0.15, 0.2) is 35.5 Å². The molecule has 1 unspecified atom stereocenters. The summed E-state index contributed by atoms with van der Waals surface area (Å²) in [6.45, 7) is 24.6. The van der Waals surface area contributed by atoms with Gasteiger partial charge in [0, 0.05) is 24.6 Å². The van der Waals surface area contributed by atoms with E-state index in [1.165, 1.54) is 5.57 Å². The molecule has 9 nitrogen and oxygen atoms in total. The number of nitrogens with zero attached hydrogens (tertiary/aromatic N) is 1. The molecule has 1 aromatic heterocycles. The number of carboxylic acid groups (broad SMARTS) is 1. The van der Waals surface area contributed by atoms with Crippen LogP contribution in [-0.2, 0) is 30.5 Å². The number of nitrogens with one attached hydrogen (secondary N) is 2. The van der Waals surface area contributed by atoms with Gasteiger partial charge >= 0.3 is 11.9 Å². The van der Waals surface area contributed by atoms with E-state index in [2.05, 4.69) is 64.1 Å². The molecule has 6 aliphatic carbocycles. The average molecular weight is 772 g/mol. The molecule has 10 atom stereocenters. The Morgan fingerprint density at radius 1 is 0.893 bits per heavy atom. The molecule has 6 aliphatic rings. The van der Waals surface area contributed by atoms with Crippen LogP contribution in [-0.4, -0.2) is 50.9 Å². The standard InChI is InChI=1S/C47H69N3O6/c1-27(2)36-32(51)25-47(50-40(55)43(7,8)49-26-28-14-12-13-23-48-28)22-21-45(10)29(37(36)47)15-16-34-44(9)19-18-35(42(5,6)33(44)17-20-46(34,45)11)56-39(54)31-24-30(38(52)53)41(31,3)4/h12-14,23,27,29-31,33-35,49H,15-22,24-26H2,1-11H3,(H,50,55)(H,52,53)/t29-,30+,31?,33+,34-,35+,44+,45-,46-,47-/m1/s1. The van der Waals surface area contributed by atoms with Gasteiger partial charge in [0.25, 0.3) is 0 Å². The predicted octanol–water partition coefficient (Wildman–Crippen LogP) is 8.46. The van der Waals surface area contributed by atoms with Crippen molar-refractivity contribution in [2.75, 3.05) is 0 Å². The number of aliphatic carboxylic acids is 1. The lowest BCUT2D eigenvalue weighted by molar-refractivity contribution is -0.235. The topological polar surface area (TPSA) is 135 Å². The first kappa shape index (κ1) is 41.1. The Morgan fingerprint density at radius 2 is 1.61 bits per heavy atom. The number of pyridine rings is 1. The molecule has 0 aliphatic heterocycles. The lowest BCUT2D eigenvalue weighted by atomic mass is 9.33. The Balaban J connectivity index is 1.13. The highest BCUT2D eigenvalue weighted by Crippen LogP contribution is 2.76. The van der Waals surface area contributed by atoms with Crippen LogP contribution in [0.2, 0.25) is 0 Å². The number of carbonyl (C=O) groups excluding carboxylic acids is 3. The Kier molecular flexibility index (Phi) is 9.90. The number of allylic oxidation sites excluding steroid dienone is 1. The fourth-order valence-electron chi connectivity index (χ4n) is 14.2. The molecular formula is C47H69N3O6. The van der Waals surface area contributed by atoms with Crippen molar-refractivity contribution < 1.29 is 29.0 Å². The number of fused-ring (bicyclic) bond motifs is 7. The van der Waals surface area contributed by atoms with E-state index in [0.29, 0.717) is 31.2 Å². The summed E-state index contributed by atoms with van der Waals surface area (Å²) < 4.78 is 6.42. The molecule has 0 saturated heterocycles. The zero-order valence-corrected chi connectivity index (χ0v) is 36.1. The monoisotopic (exact) mass is 772 g/mol. The molecule has 7 rings (SSSR count). The van der Waals surface area contributed by atoms with Gasteiger partial charge in [-0.15, -0.1) is 0 Å². The Bertz CT molecular complexity index is 1820. The van der Waals surface area contributed by atoms with E-state index in [1.54, 1.807) is 6.20 Å². The number of hydrogen-bond acceptors (Lipinski definition) is 7. The Labute approximate surface area is 335 Å². The molecule has 0 aromatic carbocycles. The van der Waals surface area contributed by atoms with Gasteiger partial charge in [-0.1, -0.05) is 68.4 Å². The first-order valence-corrected chi connectivity index (χ1v) is 21.6. The molecule has 3 N–H and O–H groups in total. The molecule has 5 fully saturated rings. The molecule has 9 heteroatoms. The molecule has 5 saturated carbocycles. The van der Waals surface area contributed by atoms with Gasteiger partial charge in [-0.2, -0.15) is 0 Å². The summed E-state index contributed by atoms with van der Waals surface area (Å²) in [6.07, 6.45) is 9.96. The molecular weight excluding hydrogens is 703 g/mol. The zero-order valence-electron chi connectivity index (χ0n) is 36.1. The van der Waals surface area contributed by atoms with Crippen LogP contribution in [0.5, 0.6) is 0 Å². The summed E-state index contributed by atoms with van der Waals surface area (Å²) in [6, 6.07) is 5.79. The third-order valence-electron chi connectivity index (χ3n) is 17.8. The third-order valence-corrected chi connectivity index (χ3v) is 17.8. The van der Waals surface area contributed by atoms with E-state index in [-0.39, 0.29) is 63.2 Å². The highest BCUT2D eigenvalue weighted by Gasteiger charge is 2.70. The Morgan fingerprint density at radius 3 is 2.23 bits per heavy atom. The lowest BCUT2D eigenvalue weighted by Gasteiger charge is -2.72. The summed E-state index contributed by atoms with van der Waals surface area (Å²) in [5.74, 6) is -0.716. The number of aromatic nitrogens is 1. The van der Waals surface area contributed by atoms with E-state index >= 15 is 0 Å². The summed E-state index contributed by atoms with van der Waals surface area (Å²) >= 11 is 0. The quantitative estimate of drug-likeness (QED) is 0.213. The highest BCUT2D eigenvalue weighted by atomic mass is 16.5. The van der Waals surface area contributed by atoms with E-state index in [0.717, 1.165) is 62.6 Å². The normalized spacial score (nSPS) is 39.8. The van der Waals surface area contributed by atoms with Gasteiger partial charge in [-0.05, 0) is 140 Å². The minimum atomic E-state index is -0.868. The summed E-state index contributed by atoms with van der Waals surface area (Å²) in [4.78, 5) is 58.3. The van der Waals surface area contributed by atoms with Crippen LogP contribution in [0.25, 0.3) is 0 Å². The number of ether oxygens (including phenoxy) is 1. The van der Waals surface area contributed by atoms with Crippen LogP contribution in [0.3, 0.4) is 0 Å². The maximum atomic E-state index is 14.3. The second-order valence-corrected chi connectivity index (χ2v) is 21.8. The number of amides is 1. The first-order valence-electron chi connectivity index (χ1n) is 21.6. The van der Waals surface area contributed by atoms with Crippen molar-refractivity contribution >= 4 is 23.6 Å². The van der Waals surface area contributed by atoms with Crippen LogP contribution in [0.4, 0.5) is 0 Å². The Hall–Kier alpha value is -3.07. The largest absolute Gasteiger partial charge is 0.481 e. The first-order chi connectivity index (χ1) is 26.0. The van der Waals surface area contributed by atoms with Gasteiger partial charge in [0.2, 0.25) is 5.91 Å². The van der Waals surface area contributed by atoms with Gasteiger partial charge in [-0.25, -0.2) is 0 Å². The maximum absolute atomic E-state index is 14.3.